The lowest BCUT2D eigenvalue weighted by Crippen LogP contribution is -2.50. The van der Waals surface area contributed by atoms with Crippen LogP contribution in [0.5, 0.6) is 0 Å². The largest absolute Gasteiger partial charge is 0.468 e. The molecule has 0 aromatic heterocycles. The van der Waals surface area contributed by atoms with Crippen LogP contribution in [0.2, 0.25) is 0 Å². The zero-order valence-electron chi connectivity index (χ0n) is 12.0. The normalized spacial score (nSPS) is 27.5. The fourth-order valence-electron chi connectivity index (χ4n) is 3.25. The zero-order valence-corrected chi connectivity index (χ0v) is 12.0. The van der Waals surface area contributed by atoms with Gasteiger partial charge in [-0.1, -0.05) is 25.7 Å². The average molecular weight is 269 g/mol. The molecule has 0 amide bonds. The van der Waals surface area contributed by atoms with E-state index in [0.717, 1.165) is 19.4 Å². The van der Waals surface area contributed by atoms with E-state index in [-0.39, 0.29) is 17.9 Å². The van der Waals surface area contributed by atoms with E-state index in [2.05, 4.69) is 5.32 Å². The van der Waals surface area contributed by atoms with Crippen LogP contribution >= 0.6 is 0 Å². The van der Waals surface area contributed by atoms with Gasteiger partial charge < -0.3 is 14.8 Å². The van der Waals surface area contributed by atoms with Crippen molar-refractivity contribution in [1.29, 1.82) is 0 Å². The molecule has 1 N–H and O–H groups in total. The van der Waals surface area contributed by atoms with E-state index in [1.165, 1.54) is 45.6 Å². The molecule has 4 nitrogen and oxygen atoms in total. The number of methoxy groups -OCH3 is 1. The highest BCUT2D eigenvalue weighted by atomic mass is 16.5. The van der Waals surface area contributed by atoms with Crippen LogP contribution in [0.25, 0.3) is 0 Å². The van der Waals surface area contributed by atoms with Crippen molar-refractivity contribution in [3.05, 3.63) is 0 Å². The lowest BCUT2D eigenvalue weighted by atomic mass is 9.92. The Balaban J connectivity index is 1.93. The maximum absolute atomic E-state index is 12.0. The first-order valence-corrected chi connectivity index (χ1v) is 7.73. The molecule has 2 aliphatic rings. The quantitative estimate of drug-likeness (QED) is 0.628. The van der Waals surface area contributed by atoms with Gasteiger partial charge in [0.05, 0.1) is 13.7 Å². The highest BCUT2D eigenvalue weighted by Crippen LogP contribution is 2.22. The van der Waals surface area contributed by atoms with E-state index in [4.69, 9.17) is 9.47 Å². The summed E-state index contributed by atoms with van der Waals surface area (Å²) in [7, 11) is 1.48. The zero-order chi connectivity index (χ0) is 13.5. The van der Waals surface area contributed by atoms with Gasteiger partial charge in [0.1, 0.15) is 6.04 Å². The average Bonchev–Trinajstić information content (AvgIpc) is 2.73. The maximum atomic E-state index is 12.0. The summed E-state index contributed by atoms with van der Waals surface area (Å²) in [6.45, 7) is 1.51. The van der Waals surface area contributed by atoms with Crippen LogP contribution in [0, 0.1) is 5.92 Å². The van der Waals surface area contributed by atoms with Crippen LogP contribution in [0.1, 0.15) is 51.4 Å². The number of esters is 1. The predicted octanol–water partition coefficient (Wildman–Crippen LogP) is 2.27. The number of nitrogens with one attached hydrogen (secondary N) is 1. The first kappa shape index (κ1) is 14.8. The molecule has 1 aliphatic carbocycles. The number of hydrogen-bond donors (Lipinski definition) is 1. The summed E-state index contributed by atoms with van der Waals surface area (Å²) < 4.78 is 10.5. The molecule has 0 radical (unpaired) electrons. The molecule has 1 saturated carbocycles. The third-order valence-corrected chi connectivity index (χ3v) is 4.39. The van der Waals surface area contributed by atoms with Crippen molar-refractivity contribution in [2.75, 3.05) is 20.3 Å². The minimum absolute atomic E-state index is 0.125. The third kappa shape index (κ3) is 4.46. The molecular formula is C15H27NO3. The maximum Gasteiger partial charge on any atom is 0.323 e. The molecule has 2 rings (SSSR count). The second-order valence-corrected chi connectivity index (χ2v) is 5.83. The predicted molar refractivity (Wildman–Crippen MR) is 74.0 cm³/mol. The summed E-state index contributed by atoms with van der Waals surface area (Å²) in [6.07, 6.45) is 9.66. The highest BCUT2D eigenvalue weighted by Gasteiger charge is 2.32. The molecular weight excluding hydrogens is 242 g/mol. The van der Waals surface area contributed by atoms with E-state index >= 15 is 0 Å². The fraction of sp³-hybridized carbons (Fsp3) is 0.933. The summed E-state index contributed by atoms with van der Waals surface area (Å²) >= 11 is 0. The van der Waals surface area contributed by atoms with Crippen molar-refractivity contribution in [2.45, 2.75) is 63.5 Å². The summed E-state index contributed by atoms with van der Waals surface area (Å²) in [5.74, 6) is 0.143. The summed E-state index contributed by atoms with van der Waals surface area (Å²) in [5, 5.41) is 3.56. The van der Waals surface area contributed by atoms with Gasteiger partial charge in [-0.15, -0.1) is 0 Å². The second-order valence-electron chi connectivity index (χ2n) is 5.83. The van der Waals surface area contributed by atoms with Crippen molar-refractivity contribution < 1.29 is 14.3 Å². The van der Waals surface area contributed by atoms with Crippen molar-refractivity contribution in [1.82, 2.24) is 5.32 Å². The number of ether oxygens (including phenoxy) is 2. The van der Waals surface area contributed by atoms with Crippen molar-refractivity contribution in [2.24, 2.45) is 5.92 Å². The summed E-state index contributed by atoms with van der Waals surface area (Å²) in [4.78, 5) is 12.0. The van der Waals surface area contributed by atoms with E-state index in [9.17, 15) is 4.79 Å². The SMILES string of the molecule is COC(=O)C(NC1CCCCCC1)C1CCCOC1. The molecule has 19 heavy (non-hydrogen) atoms. The van der Waals surface area contributed by atoms with Gasteiger partial charge in [0.15, 0.2) is 0 Å². The molecule has 2 fully saturated rings. The van der Waals surface area contributed by atoms with Gasteiger partial charge in [0.25, 0.3) is 0 Å². The second kappa shape index (κ2) is 7.85. The van der Waals surface area contributed by atoms with Gasteiger partial charge in [-0.25, -0.2) is 0 Å². The van der Waals surface area contributed by atoms with Crippen LogP contribution in [-0.4, -0.2) is 38.4 Å². The van der Waals surface area contributed by atoms with Gasteiger partial charge in [-0.2, -0.15) is 0 Å². The molecule has 1 aliphatic heterocycles. The van der Waals surface area contributed by atoms with E-state index in [1.54, 1.807) is 0 Å². The van der Waals surface area contributed by atoms with Crippen LogP contribution < -0.4 is 5.32 Å². The van der Waals surface area contributed by atoms with Crippen LogP contribution in [0.3, 0.4) is 0 Å². The summed E-state index contributed by atoms with van der Waals surface area (Å²) in [6, 6.07) is 0.280. The molecule has 4 heteroatoms. The lowest BCUT2D eigenvalue weighted by molar-refractivity contribution is -0.146. The lowest BCUT2D eigenvalue weighted by Gasteiger charge is -2.32. The van der Waals surface area contributed by atoms with Gasteiger partial charge in [0.2, 0.25) is 0 Å². The Hall–Kier alpha value is -0.610. The Morgan fingerprint density at radius 2 is 1.89 bits per heavy atom. The standard InChI is InChI=1S/C15H27NO3/c1-18-15(17)14(12-7-6-10-19-11-12)16-13-8-4-2-3-5-9-13/h12-14,16H,2-11H2,1H3. The highest BCUT2D eigenvalue weighted by molar-refractivity contribution is 5.76. The molecule has 2 atom stereocenters. The molecule has 110 valence electrons. The fourth-order valence-corrected chi connectivity index (χ4v) is 3.25. The van der Waals surface area contributed by atoms with E-state index in [0.29, 0.717) is 12.6 Å². The van der Waals surface area contributed by atoms with Crippen LogP contribution in [-0.2, 0) is 14.3 Å². The molecule has 0 bridgehead atoms. The van der Waals surface area contributed by atoms with Crippen LogP contribution in [0.15, 0.2) is 0 Å². The molecule has 1 heterocycles. The van der Waals surface area contributed by atoms with Gasteiger partial charge in [-0.3, -0.25) is 4.79 Å². The minimum atomic E-state index is -0.187. The van der Waals surface area contributed by atoms with Gasteiger partial charge >= 0.3 is 5.97 Å². The molecule has 0 spiro atoms. The van der Waals surface area contributed by atoms with Gasteiger partial charge in [-0.05, 0) is 25.7 Å². The van der Waals surface area contributed by atoms with Crippen molar-refractivity contribution in [3.8, 4) is 0 Å². The Kier molecular flexibility index (Phi) is 6.11. The summed E-state index contributed by atoms with van der Waals surface area (Å²) in [5.41, 5.74) is 0. The number of carbonyl (C=O) groups is 1. The van der Waals surface area contributed by atoms with Crippen molar-refractivity contribution in [3.63, 3.8) is 0 Å². The Morgan fingerprint density at radius 1 is 1.16 bits per heavy atom. The Labute approximate surface area is 116 Å². The number of hydrogen-bond acceptors (Lipinski definition) is 4. The van der Waals surface area contributed by atoms with Gasteiger partial charge in [0, 0.05) is 18.6 Å². The first-order chi connectivity index (χ1) is 9.31. The molecule has 2 unspecified atom stereocenters. The molecule has 0 aromatic rings. The first-order valence-electron chi connectivity index (χ1n) is 7.73. The van der Waals surface area contributed by atoms with E-state index < -0.39 is 0 Å². The number of carbonyl (C=O) groups excluding carboxylic acids is 1. The van der Waals surface area contributed by atoms with E-state index in [1.807, 2.05) is 0 Å². The number of rotatable bonds is 4. The minimum Gasteiger partial charge on any atom is -0.468 e. The third-order valence-electron chi connectivity index (χ3n) is 4.39. The Morgan fingerprint density at radius 3 is 2.47 bits per heavy atom. The topological polar surface area (TPSA) is 47.6 Å². The Bertz CT molecular complexity index is 269. The molecule has 0 aromatic carbocycles. The van der Waals surface area contributed by atoms with Crippen LogP contribution in [0.4, 0.5) is 0 Å². The monoisotopic (exact) mass is 269 g/mol. The smallest absolute Gasteiger partial charge is 0.323 e. The molecule has 1 saturated heterocycles. The van der Waals surface area contributed by atoms with Crippen molar-refractivity contribution >= 4 is 5.97 Å².